The molecule has 4 nitrogen and oxygen atoms in total. The number of aliphatic hydroxyl groups excluding tert-OH is 1. The first-order chi connectivity index (χ1) is 8.38. The molecule has 3 rings (SSSR count). The number of ether oxygens (including phenoxy) is 1. The van der Waals surface area contributed by atoms with Gasteiger partial charge < -0.3 is 9.84 Å². The number of rotatable bonds is 3. The fourth-order valence-electron chi connectivity index (χ4n) is 1.64. The number of nitrogens with zero attached hydrogens (tertiary/aromatic N) is 2. The van der Waals surface area contributed by atoms with Gasteiger partial charge in [-0.3, -0.25) is 4.40 Å². The number of hydrogen-bond donors (Lipinski definition) is 1. The number of imidazole rings is 1. The number of hydrogen-bond acceptors (Lipinski definition) is 4. The average molecular weight is 246 g/mol. The SMILES string of the molecule is OCc1c(Oc2ccccc2)nc2sccn12. The van der Waals surface area contributed by atoms with Gasteiger partial charge in [-0.05, 0) is 12.1 Å². The second kappa shape index (κ2) is 4.20. The van der Waals surface area contributed by atoms with Gasteiger partial charge in [0.05, 0.1) is 6.61 Å². The van der Waals surface area contributed by atoms with E-state index in [4.69, 9.17) is 4.74 Å². The Kier molecular flexibility index (Phi) is 2.55. The molecule has 0 saturated carbocycles. The summed E-state index contributed by atoms with van der Waals surface area (Å²) in [5, 5.41) is 11.3. The normalized spacial score (nSPS) is 10.9. The van der Waals surface area contributed by atoms with Crippen molar-refractivity contribution < 1.29 is 9.84 Å². The second-order valence-corrected chi connectivity index (χ2v) is 4.37. The third-order valence-electron chi connectivity index (χ3n) is 2.43. The molecule has 0 aliphatic rings. The van der Waals surface area contributed by atoms with Crippen LogP contribution < -0.4 is 4.74 Å². The molecule has 0 aliphatic carbocycles. The lowest BCUT2D eigenvalue weighted by Gasteiger charge is -2.03. The molecule has 2 heterocycles. The van der Waals surface area contributed by atoms with Gasteiger partial charge in [-0.1, -0.05) is 18.2 Å². The summed E-state index contributed by atoms with van der Waals surface area (Å²) in [6.07, 6.45) is 1.87. The summed E-state index contributed by atoms with van der Waals surface area (Å²) in [6.45, 7) is -0.0972. The van der Waals surface area contributed by atoms with Crippen molar-refractivity contribution in [3.8, 4) is 11.6 Å². The molecule has 3 aromatic rings. The quantitative estimate of drug-likeness (QED) is 0.773. The first kappa shape index (κ1) is 10.3. The molecule has 5 heteroatoms. The highest BCUT2D eigenvalue weighted by atomic mass is 32.1. The highest BCUT2D eigenvalue weighted by Crippen LogP contribution is 2.27. The molecular formula is C12H10N2O2S. The first-order valence-electron chi connectivity index (χ1n) is 5.16. The zero-order valence-corrected chi connectivity index (χ0v) is 9.72. The lowest BCUT2D eigenvalue weighted by Crippen LogP contribution is -1.93. The Labute approximate surface area is 102 Å². The summed E-state index contributed by atoms with van der Waals surface area (Å²) in [5.74, 6) is 1.18. The van der Waals surface area contributed by atoms with Gasteiger partial charge in [0.1, 0.15) is 11.4 Å². The minimum atomic E-state index is -0.0972. The Morgan fingerprint density at radius 3 is 2.88 bits per heavy atom. The molecule has 0 atom stereocenters. The van der Waals surface area contributed by atoms with Crippen LogP contribution in [0.15, 0.2) is 41.9 Å². The van der Waals surface area contributed by atoms with Gasteiger partial charge in [-0.15, -0.1) is 11.3 Å². The molecule has 0 bridgehead atoms. The van der Waals surface area contributed by atoms with Crippen molar-refractivity contribution in [2.75, 3.05) is 0 Å². The zero-order valence-electron chi connectivity index (χ0n) is 8.91. The molecule has 1 aromatic carbocycles. The molecule has 86 valence electrons. The van der Waals surface area contributed by atoms with Crippen LogP contribution in [0.2, 0.25) is 0 Å². The highest BCUT2D eigenvalue weighted by molar-refractivity contribution is 7.15. The molecule has 17 heavy (non-hydrogen) atoms. The van der Waals surface area contributed by atoms with E-state index in [-0.39, 0.29) is 6.61 Å². The number of aromatic nitrogens is 2. The number of aliphatic hydroxyl groups is 1. The molecule has 0 radical (unpaired) electrons. The number of fused-ring (bicyclic) bond motifs is 1. The molecular weight excluding hydrogens is 236 g/mol. The van der Waals surface area contributed by atoms with Crippen molar-refractivity contribution in [2.45, 2.75) is 6.61 Å². The molecule has 2 aromatic heterocycles. The fraction of sp³-hybridized carbons (Fsp3) is 0.0833. The number of benzene rings is 1. The highest BCUT2D eigenvalue weighted by Gasteiger charge is 2.13. The third kappa shape index (κ3) is 1.79. The lowest BCUT2D eigenvalue weighted by molar-refractivity contribution is 0.270. The van der Waals surface area contributed by atoms with Crippen molar-refractivity contribution in [1.29, 1.82) is 0 Å². The molecule has 0 spiro atoms. The van der Waals surface area contributed by atoms with Crippen molar-refractivity contribution in [3.05, 3.63) is 47.6 Å². The van der Waals surface area contributed by atoms with E-state index in [1.165, 1.54) is 11.3 Å². The van der Waals surface area contributed by atoms with Gasteiger partial charge in [-0.2, -0.15) is 4.98 Å². The summed E-state index contributed by atoms with van der Waals surface area (Å²) < 4.78 is 7.49. The van der Waals surface area contributed by atoms with Crippen LogP contribution in [0.3, 0.4) is 0 Å². The van der Waals surface area contributed by atoms with Crippen LogP contribution in [-0.4, -0.2) is 14.5 Å². The Bertz CT molecular complexity index is 630. The van der Waals surface area contributed by atoms with Crippen molar-refractivity contribution in [2.24, 2.45) is 0 Å². The van der Waals surface area contributed by atoms with Gasteiger partial charge in [0.15, 0.2) is 4.96 Å². The van der Waals surface area contributed by atoms with Gasteiger partial charge in [0, 0.05) is 11.6 Å². The summed E-state index contributed by atoms with van der Waals surface area (Å²) in [7, 11) is 0. The van der Waals surface area contributed by atoms with E-state index in [0.29, 0.717) is 17.3 Å². The van der Waals surface area contributed by atoms with E-state index in [1.54, 1.807) is 0 Å². The Balaban J connectivity index is 2.02. The molecule has 0 amide bonds. The van der Waals surface area contributed by atoms with Crippen LogP contribution in [0.5, 0.6) is 11.6 Å². The molecule has 1 N–H and O–H groups in total. The van der Waals surface area contributed by atoms with Crippen LogP contribution >= 0.6 is 11.3 Å². The molecule has 0 fully saturated rings. The largest absolute Gasteiger partial charge is 0.437 e. The van der Waals surface area contributed by atoms with Crippen LogP contribution in [0.1, 0.15) is 5.69 Å². The third-order valence-corrected chi connectivity index (χ3v) is 3.19. The van der Waals surface area contributed by atoms with Crippen LogP contribution in [0, 0.1) is 0 Å². The van der Waals surface area contributed by atoms with E-state index >= 15 is 0 Å². The van der Waals surface area contributed by atoms with E-state index in [0.717, 1.165) is 4.96 Å². The summed E-state index contributed by atoms with van der Waals surface area (Å²) in [4.78, 5) is 5.16. The minimum Gasteiger partial charge on any atom is -0.437 e. The van der Waals surface area contributed by atoms with Crippen molar-refractivity contribution >= 4 is 16.3 Å². The van der Waals surface area contributed by atoms with Crippen LogP contribution in [-0.2, 0) is 6.61 Å². The number of thiazole rings is 1. The second-order valence-electron chi connectivity index (χ2n) is 3.49. The molecule has 0 aliphatic heterocycles. The van der Waals surface area contributed by atoms with Crippen molar-refractivity contribution in [3.63, 3.8) is 0 Å². The standard InChI is InChI=1S/C12H10N2O2S/c15-8-10-11(13-12-14(10)6-7-17-12)16-9-4-2-1-3-5-9/h1-7,15H,8H2. The summed E-state index contributed by atoms with van der Waals surface area (Å²) in [5.41, 5.74) is 0.671. The van der Waals surface area contributed by atoms with E-state index < -0.39 is 0 Å². The van der Waals surface area contributed by atoms with Crippen LogP contribution in [0.25, 0.3) is 4.96 Å². The Hall–Kier alpha value is -1.85. The van der Waals surface area contributed by atoms with Gasteiger partial charge >= 0.3 is 0 Å². The maximum Gasteiger partial charge on any atom is 0.244 e. The molecule has 0 saturated heterocycles. The predicted octanol–water partition coefficient (Wildman–Crippen LogP) is 2.68. The predicted molar refractivity (Wildman–Crippen MR) is 65.5 cm³/mol. The van der Waals surface area contributed by atoms with Gasteiger partial charge in [-0.25, -0.2) is 0 Å². The minimum absolute atomic E-state index is 0.0972. The van der Waals surface area contributed by atoms with E-state index in [1.807, 2.05) is 46.3 Å². The fourth-order valence-corrected chi connectivity index (χ4v) is 2.36. The van der Waals surface area contributed by atoms with E-state index in [9.17, 15) is 5.11 Å². The summed E-state index contributed by atoms with van der Waals surface area (Å²) >= 11 is 1.51. The molecule has 0 unspecified atom stereocenters. The maximum absolute atomic E-state index is 9.37. The monoisotopic (exact) mass is 246 g/mol. The topological polar surface area (TPSA) is 46.8 Å². The smallest absolute Gasteiger partial charge is 0.244 e. The van der Waals surface area contributed by atoms with Crippen molar-refractivity contribution in [1.82, 2.24) is 9.38 Å². The first-order valence-corrected chi connectivity index (χ1v) is 6.04. The lowest BCUT2D eigenvalue weighted by atomic mass is 10.3. The Morgan fingerprint density at radius 2 is 2.12 bits per heavy atom. The summed E-state index contributed by atoms with van der Waals surface area (Å²) in [6, 6.07) is 9.42. The van der Waals surface area contributed by atoms with Gasteiger partial charge in [0.2, 0.25) is 5.88 Å². The van der Waals surface area contributed by atoms with Crippen LogP contribution in [0.4, 0.5) is 0 Å². The van der Waals surface area contributed by atoms with E-state index in [2.05, 4.69) is 4.98 Å². The Morgan fingerprint density at radius 1 is 1.29 bits per heavy atom. The average Bonchev–Trinajstić information content (AvgIpc) is 2.90. The van der Waals surface area contributed by atoms with Gasteiger partial charge in [0.25, 0.3) is 0 Å². The maximum atomic E-state index is 9.37. The zero-order chi connectivity index (χ0) is 11.7. The number of para-hydroxylation sites is 1.